The molecule has 0 aliphatic heterocycles. The summed E-state index contributed by atoms with van der Waals surface area (Å²) in [6, 6.07) is 9.30. The van der Waals surface area contributed by atoms with E-state index in [0.717, 1.165) is 5.56 Å². The monoisotopic (exact) mass is 235 g/mol. The Morgan fingerprint density at radius 3 is 2.47 bits per heavy atom. The fourth-order valence-electron chi connectivity index (χ4n) is 1.47. The van der Waals surface area contributed by atoms with Crippen molar-refractivity contribution in [2.24, 2.45) is 5.73 Å². The van der Waals surface area contributed by atoms with E-state index in [1.54, 1.807) is 7.05 Å². The van der Waals surface area contributed by atoms with E-state index in [1.807, 2.05) is 30.3 Å². The average Bonchev–Trinajstić information content (AvgIpc) is 2.34. The Morgan fingerprint density at radius 2 is 1.94 bits per heavy atom. The number of hydrogen-bond acceptors (Lipinski definition) is 3. The summed E-state index contributed by atoms with van der Waals surface area (Å²) in [6.45, 7) is -0.133. The van der Waals surface area contributed by atoms with Crippen molar-refractivity contribution in [3.05, 3.63) is 35.9 Å². The van der Waals surface area contributed by atoms with E-state index in [-0.39, 0.29) is 18.5 Å². The lowest BCUT2D eigenvalue weighted by atomic mass is 10.1. The Hall–Kier alpha value is -1.88. The Labute approximate surface area is 100 Å². The summed E-state index contributed by atoms with van der Waals surface area (Å²) < 4.78 is 0. The van der Waals surface area contributed by atoms with Gasteiger partial charge in [-0.05, 0) is 19.0 Å². The summed E-state index contributed by atoms with van der Waals surface area (Å²) in [5.41, 5.74) is 6.02. The Morgan fingerprint density at radius 1 is 1.29 bits per heavy atom. The molecule has 4 N–H and O–H groups in total. The van der Waals surface area contributed by atoms with Crippen LogP contribution in [0.2, 0.25) is 0 Å². The molecule has 5 nitrogen and oxygen atoms in total. The summed E-state index contributed by atoms with van der Waals surface area (Å²) in [7, 11) is 1.71. The summed E-state index contributed by atoms with van der Waals surface area (Å²) in [5, 5.41) is 5.39. The van der Waals surface area contributed by atoms with Gasteiger partial charge in [0.15, 0.2) is 0 Å². The van der Waals surface area contributed by atoms with Crippen molar-refractivity contribution in [3.8, 4) is 0 Å². The molecule has 1 atom stereocenters. The highest BCUT2D eigenvalue weighted by Crippen LogP contribution is 2.02. The quantitative estimate of drug-likeness (QED) is 0.616. The normalized spacial score (nSPS) is 11.8. The van der Waals surface area contributed by atoms with E-state index in [1.165, 1.54) is 0 Å². The molecule has 0 aliphatic carbocycles. The van der Waals surface area contributed by atoms with Gasteiger partial charge in [0.25, 0.3) is 0 Å². The fourth-order valence-corrected chi connectivity index (χ4v) is 1.47. The van der Waals surface area contributed by atoms with Gasteiger partial charge in [0.2, 0.25) is 11.8 Å². The SMILES string of the molecule is CN[C@@H](Cc1ccccc1)C(=O)NCC(N)=O. The van der Waals surface area contributed by atoms with Gasteiger partial charge < -0.3 is 16.4 Å². The minimum absolute atomic E-state index is 0.133. The van der Waals surface area contributed by atoms with Gasteiger partial charge >= 0.3 is 0 Å². The number of primary amides is 1. The molecule has 1 rings (SSSR count). The Kier molecular flexibility index (Phi) is 5.16. The molecular formula is C12H17N3O2. The second-order valence-corrected chi connectivity index (χ2v) is 3.72. The lowest BCUT2D eigenvalue weighted by molar-refractivity contribution is -0.126. The maximum Gasteiger partial charge on any atom is 0.237 e. The topological polar surface area (TPSA) is 84.2 Å². The van der Waals surface area contributed by atoms with Crippen molar-refractivity contribution < 1.29 is 9.59 Å². The first-order chi connectivity index (χ1) is 8.13. The van der Waals surface area contributed by atoms with Crippen molar-refractivity contribution in [1.82, 2.24) is 10.6 Å². The molecule has 0 spiro atoms. The molecule has 92 valence electrons. The average molecular weight is 235 g/mol. The van der Waals surface area contributed by atoms with Crippen LogP contribution in [0.1, 0.15) is 5.56 Å². The Balaban J connectivity index is 2.53. The number of rotatable bonds is 6. The first-order valence-electron chi connectivity index (χ1n) is 5.40. The van der Waals surface area contributed by atoms with Crippen LogP contribution in [0.15, 0.2) is 30.3 Å². The van der Waals surface area contributed by atoms with Crippen LogP contribution in [0.25, 0.3) is 0 Å². The van der Waals surface area contributed by atoms with Gasteiger partial charge in [-0.15, -0.1) is 0 Å². The number of likely N-dealkylation sites (N-methyl/N-ethyl adjacent to an activating group) is 1. The third-order valence-corrected chi connectivity index (χ3v) is 2.38. The largest absolute Gasteiger partial charge is 0.368 e. The van der Waals surface area contributed by atoms with E-state index in [4.69, 9.17) is 5.73 Å². The Bertz CT molecular complexity index is 379. The van der Waals surface area contributed by atoms with E-state index in [0.29, 0.717) is 6.42 Å². The fraction of sp³-hybridized carbons (Fsp3) is 0.333. The van der Waals surface area contributed by atoms with Gasteiger partial charge in [-0.25, -0.2) is 0 Å². The highest BCUT2D eigenvalue weighted by atomic mass is 16.2. The number of nitrogens with one attached hydrogen (secondary N) is 2. The van der Waals surface area contributed by atoms with Crippen LogP contribution in [-0.4, -0.2) is 31.4 Å². The summed E-state index contributed by atoms with van der Waals surface area (Å²) in [6.07, 6.45) is 0.571. The number of carbonyl (C=O) groups excluding carboxylic acids is 2. The standard InChI is InChI=1S/C12H17N3O2/c1-14-10(12(17)15-8-11(13)16)7-9-5-3-2-4-6-9/h2-6,10,14H,7-8H2,1H3,(H2,13,16)(H,15,17)/t10-/m0/s1. The van der Waals surface area contributed by atoms with Crippen LogP contribution in [0.4, 0.5) is 0 Å². The van der Waals surface area contributed by atoms with Crippen LogP contribution < -0.4 is 16.4 Å². The molecule has 0 radical (unpaired) electrons. The molecular weight excluding hydrogens is 218 g/mol. The van der Waals surface area contributed by atoms with Crippen LogP contribution in [0.5, 0.6) is 0 Å². The third-order valence-electron chi connectivity index (χ3n) is 2.38. The molecule has 0 aromatic heterocycles. The summed E-state index contributed by atoms with van der Waals surface area (Å²) >= 11 is 0. The molecule has 0 saturated carbocycles. The van der Waals surface area contributed by atoms with Crippen molar-refractivity contribution >= 4 is 11.8 Å². The minimum atomic E-state index is -0.548. The lowest BCUT2D eigenvalue weighted by Gasteiger charge is -2.15. The number of nitrogens with two attached hydrogens (primary N) is 1. The van der Waals surface area contributed by atoms with Crippen LogP contribution in [0.3, 0.4) is 0 Å². The minimum Gasteiger partial charge on any atom is -0.368 e. The van der Waals surface area contributed by atoms with Crippen molar-refractivity contribution in [2.75, 3.05) is 13.6 Å². The van der Waals surface area contributed by atoms with Gasteiger partial charge in [-0.3, -0.25) is 9.59 Å². The van der Waals surface area contributed by atoms with Crippen LogP contribution >= 0.6 is 0 Å². The molecule has 2 amide bonds. The molecule has 17 heavy (non-hydrogen) atoms. The highest BCUT2D eigenvalue weighted by molar-refractivity contribution is 5.86. The maximum atomic E-state index is 11.7. The van der Waals surface area contributed by atoms with E-state index < -0.39 is 5.91 Å². The van der Waals surface area contributed by atoms with Gasteiger partial charge in [0, 0.05) is 0 Å². The molecule has 5 heteroatoms. The van der Waals surface area contributed by atoms with E-state index in [9.17, 15) is 9.59 Å². The second-order valence-electron chi connectivity index (χ2n) is 3.72. The molecule has 0 unspecified atom stereocenters. The van der Waals surface area contributed by atoms with Gasteiger partial charge in [0.05, 0.1) is 12.6 Å². The van der Waals surface area contributed by atoms with E-state index >= 15 is 0 Å². The molecule has 1 aromatic rings. The van der Waals surface area contributed by atoms with Crippen molar-refractivity contribution in [2.45, 2.75) is 12.5 Å². The molecule has 0 saturated heterocycles. The molecule has 0 heterocycles. The number of benzene rings is 1. The van der Waals surface area contributed by atoms with Gasteiger partial charge in [0.1, 0.15) is 0 Å². The molecule has 0 fully saturated rings. The molecule has 0 bridgehead atoms. The van der Waals surface area contributed by atoms with Gasteiger partial charge in [-0.2, -0.15) is 0 Å². The second kappa shape index (κ2) is 6.65. The van der Waals surface area contributed by atoms with Crippen molar-refractivity contribution in [1.29, 1.82) is 0 Å². The first kappa shape index (κ1) is 13.2. The molecule has 0 aliphatic rings. The number of hydrogen-bond donors (Lipinski definition) is 3. The number of carbonyl (C=O) groups is 2. The zero-order chi connectivity index (χ0) is 12.7. The first-order valence-corrected chi connectivity index (χ1v) is 5.40. The zero-order valence-electron chi connectivity index (χ0n) is 9.77. The highest BCUT2D eigenvalue weighted by Gasteiger charge is 2.16. The van der Waals surface area contributed by atoms with E-state index in [2.05, 4.69) is 10.6 Å². The predicted octanol–water partition coefficient (Wildman–Crippen LogP) is -0.581. The third kappa shape index (κ3) is 4.65. The maximum absolute atomic E-state index is 11.7. The summed E-state index contributed by atoms with van der Waals surface area (Å²) in [4.78, 5) is 22.3. The van der Waals surface area contributed by atoms with Crippen molar-refractivity contribution in [3.63, 3.8) is 0 Å². The van der Waals surface area contributed by atoms with Crippen LogP contribution in [-0.2, 0) is 16.0 Å². The van der Waals surface area contributed by atoms with Crippen LogP contribution in [0, 0.1) is 0 Å². The zero-order valence-corrected chi connectivity index (χ0v) is 9.77. The van der Waals surface area contributed by atoms with Gasteiger partial charge in [-0.1, -0.05) is 30.3 Å². The predicted molar refractivity (Wildman–Crippen MR) is 65.2 cm³/mol. The smallest absolute Gasteiger partial charge is 0.237 e. The number of amides is 2. The molecule has 1 aromatic carbocycles. The lowest BCUT2D eigenvalue weighted by Crippen LogP contribution is -2.46. The summed E-state index contributed by atoms with van der Waals surface area (Å²) in [5.74, 6) is -0.775.